The van der Waals surface area contributed by atoms with Gasteiger partial charge >= 0.3 is 6.03 Å². The van der Waals surface area contributed by atoms with Gasteiger partial charge in [-0.05, 0) is 19.3 Å². The smallest absolute Gasteiger partial charge is 0.319 e. The zero-order chi connectivity index (χ0) is 16.7. The van der Waals surface area contributed by atoms with Gasteiger partial charge in [-0.2, -0.15) is 0 Å². The number of methoxy groups -OCH3 is 1. The first-order valence-electron chi connectivity index (χ1n) is 7.41. The molecule has 2 amide bonds. The van der Waals surface area contributed by atoms with Crippen molar-refractivity contribution in [3.63, 3.8) is 0 Å². The highest BCUT2D eigenvalue weighted by Crippen LogP contribution is 2.26. The van der Waals surface area contributed by atoms with Crippen molar-refractivity contribution in [3.05, 3.63) is 23.8 Å². The Hall–Kier alpha value is -1.93. The Balaban J connectivity index is 1.75. The Bertz CT molecular complexity index is 536. The highest BCUT2D eigenvalue weighted by molar-refractivity contribution is 5.90. The average molecular weight is 330 g/mol. The summed E-state index contributed by atoms with van der Waals surface area (Å²) in [5, 5.41) is 4.95. The number of halogens is 2. The van der Waals surface area contributed by atoms with Gasteiger partial charge in [0.25, 0.3) is 0 Å². The van der Waals surface area contributed by atoms with Crippen LogP contribution in [0.15, 0.2) is 12.1 Å². The summed E-state index contributed by atoms with van der Waals surface area (Å²) < 4.78 is 42.1. The molecule has 1 heterocycles. The van der Waals surface area contributed by atoms with Crippen molar-refractivity contribution in [2.24, 2.45) is 0 Å². The number of amides is 2. The quantitative estimate of drug-likeness (QED) is 0.787. The van der Waals surface area contributed by atoms with Gasteiger partial charge in [0.05, 0.1) is 19.4 Å². The molecule has 1 aromatic rings. The number of nitrogens with one attached hydrogen (secondary N) is 2. The van der Waals surface area contributed by atoms with Crippen LogP contribution in [0.4, 0.5) is 19.3 Å². The van der Waals surface area contributed by atoms with Gasteiger partial charge in [-0.25, -0.2) is 13.6 Å². The van der Waals surface area contributed by atoms with E-state index in [9.17, 15) is 13.6 Å². The van der Waals surface area contributed by atoms with Crippen molar-refractivity contribution < 1.29 is 27.8 Å². The van der Waals surface area contributed by atoms with Gasteiger partial charge in [0.2, 0.25) is 0 Å². The number of carbonyl (C=O) groups excluding carboxylic acids is 1. The van der Waals surface area contributed by atoms with Crippen LogP contribution in [0.25, 0.3) is 0 Å². The molecular weight excluding hydrogens is 310 g/mol. The number of hydrogen-bond donors (Lipinski definition) is 2. The van der Waals surface area contributed by atoms with E-state index in [1.54, 1.807) is 0 Å². The molecule has 1 aliphatic heterocycles. The molecule has 1 saturated heterocycles. The predicted octanol–water partition coefficient (Wildman–Crippen LogP) is 2.64. The first-order valence-corrected chi connectivity index (χ1v) is 7.41. The lowest BCUT2D eigenvalue weighted by atomic mass is 10.2. The molecule has 0 aliphatic carbocycles. The van der Waals surface area contributed by atoms with Crippen molar-refractivity contribution in [1.29, 1.82) is 0 Å². The third-order valence-corrected chi connectivity index (χ3v) is 3.32. The van der Waals surface area contributed by atoms with Gasteiger partial charge in [0.1, 0.15) is 5.75 Å². The average Bonchev–Trinajstić information content (AvgIpc) is 2.56. The van der Waals surface area contributed by atoms with Crippen LogP contribution in [0.5, 0.6) is 5.75 Å². The monoisotopic (exact) mass is 330 g/mol. The van der Waals surface area contributed by atoms with Crippen LogP contribution in [0.1, 0.15) is 19.3 Å². The van der Waals surface area contributed by atoms with Crippen molar-refractivity contribution in [2.45, 2.75) is 25.6 Å². The summed E-state index contributed by atoms with van der Waals surface area (Å²) in [6.45, 7) is 1.25. The summed E-state index contributed by atoms with van der Waals surface area (Å²) in [7, 11) is 1.30. The van der Waals surface area contributed by atoms with Crippen molar-refractivity contribution in [3.8, 4) is 5.75 Å². The molecule has 2 N–H and O–H groups in total. The van der Waals surface area contributed by atoms with Gasteiger partial charge < -0.3 is 24.8 Å². The van der Waals surface area contributed by atoms with E-state index in [0.717, 1.165) is 31.4 Å². The molecule has 1 aliphatic rings. The van der Waals surface area contributed by atoms with E-state index in [1.807, 2.05) is 0 Å². The Morgan fingerprint density at radius 1 is 1.35 bits per heavy atom. The van der Waals surface area contributed by atoms with Crippen molar-refractivity contribution in [1.82, 2.24) is 5.32 Å². The number of carbonyl (C=O) groups is 1. The minimum absolute atomic E-state index is 0.0332. The number of rotatable bonds is 6. The normalized spacial score (nSPS) is 17.6. The summed E-state index contributed by atoms with van der Waals surface area (Å²) in [6.07, 6.45) is 2.73. The number of ether oxygens (including phenoxy) is 3. The van der Waals surface area contributed by atoms with Crippen LogP contribution in [0.3, 0.4) is 0 Å². The molecular formula is C15H20F2N2O4. The molecule has 0 aromatic heterocycles. The summed E-state index contributed by atoms with van der Waals surface area (Å²) in [6, 6.07) is 1.16. The first-order chi connectivity index (χ1) is 11.1. The molecule has 1 fully saturated rings. The highest BCUT2D eigenvalue weighted by atomic mass is 19.2. The predicted molar refractivity (Wildman–Crippen MR) is 79.5 cm³/mol. The third-order valence-electron chi connectivity index (χ3n) is 3.32. The maximum absolute atomic E-state index is 13.2. The van der Waals surface area contributed by atoms with E-state index in [-0.39, 0.29) is 24.3 Å². The summed E-state index contributed by atoms with van der Waals surface area (Å²) in [4.78, 5) is 11.7. The lowest BCUT2D eigenvalue weighted by Crippen LogP contribution is -2.33. The highest BCUT2D eigenvalue weighted by Gasteiger charge is 2.15. The molecule has 1 atom stereocenters. The zero-order valence-electron chi connectivity index (χ0n) is 12.9. The van der Waals surface area contributed by atoms with Crippen LogP contribution in [0.2, 0.25) is 0 Å². The molecule has 8 heteroatoms. The van der Waals surface area contributed by atoms with E-state index >= 15 is 0 Å². The Morgan fingerprint density at radius 2 is 2.13 bits per heavy atom. The number of hydrogen-bond acceptors (Lipinski definition) is 4. The summed E-state index contributed by atoms with van der Waals surface area (Å²) in [5.74, 6) is -2.08. The van der Waals surface area contributed by atoms with E-state index in [1.165, 1.54) is 7.11 Å². The lowest BCUT2D eigenvalue weighted by Gasteiger charge is -2.22. The Labute approximate surface area is 133 Å². The molecule has 2 rings (SSSR count). The van der Waals surface area contributed by atoms with E-state index in [2.05, 4.69) is 10.6 Å². The second kappa shape index (κ2) is 8.64. The van der Waals surface area contributed by atoms with E-state index in [0.29, 0.717) is 13.2 Å². The largest absolute Gasteiger partial charge is 0.494 e. The van der Waals surface area contributed by atoms with Crippen LogP contribution < -0.4 is 15.4 Å². The summed E-state index contributed by atoms with van der Waals surface area (Å²) >= 11 is 0. The van der Waals surface area contributed by atoms with Crippen LogP contribution in [-0.4, -0.2) is 39.2 Å². The second-order valence-electron chi connectivity index (χ2n) is 5.01. The number of anilines is 1. The van der Waals surface area contributed by atoms with Gasteiger partial charge in [-0.15, -0.1) is 0 Å². The molecule has 1 aromatic carbocycles. The Morgan fingerprint density at radius 3 is 2.83 bits per heavy atom. The molecule has 0 bridgehead atoms. The molecule has 0 unspecified atom stereocenters. The van der Waals surface area contributed by atoms with Crippen LogP contribution >= 0.6 is 0 Å². The maximum atomic E-state index is 13.2. The third kappa shape index (κ3) is 5.33. The molecule has 0 radical (unpaired) electrons. The number of urea groups is 1. The maximum Gasteiger partial charge on any atom is 0.319 e. The molecule has 6 nitrogen and oxygen atoms in total. The topological polar surface area (TPSA) is 68.8 Å². The van der Waals surface area contributed by atoms with Crippen molar-refractivity contribution in [2.75, 3.05) is 32.2 Å². The molecule has 0 spiro atoms. The van der Waals surface area contributed by atoms with Gasteiger partial charge in [-0.3, -0.25) is 0 Å². The SMILES string of the molecule is COc1cc(F)c(F)cc1NC(=O)NCCO[C@@H]1CCCCO1. The fraction of sp³-hybridized carbons (Fsp3) is 0.533. The Kier molecular flexibility index (Phi) is 6.54. The zero-order valence-corrected chi connectivity index (χ0v) is 12.9. The van der Waals surface area contributed by atoms with Gasteiger partial charge in [-0.1, -0.05) is 0 Å². The molecule has 0 saturated carbocycles. The van der Waals surface area contributed by atoms with Gasteiger partial charge in [0, 0.05) is 25.3 Å². The minimum Gasteiger partial charge on any atom is -0.494 e. The van der Waals surface area contributed by atoms with E-state index < -0.39 is 17.7 Å². The molecule has 23 heavy (non-hydrogen) atoms. The standard InChI is InChI=1S/C15H20F2N2O4/c1-21-13-9-11(17)10(16)8-12(13)19-15(20)18-5-7-23-14-4-2-3-6-22-14/h8-9,14H,2-7H2,1H3,(H2,18,19,20)/t14-/m1/s1. The van der Waals surface area contributed by atoms with Gasteiger partial charge in [0.15, 0.2) is 17.9 Å². The number of benzene rings is 1. The van der Waals surface area contributed by atoms with E-state index in [4.69, 9.17) is 14.2 Å². The lowest BCUT2D eigenvalue weighted by molar-refractivity contribution is -0.160. The first kappa shape index (κ1) is 17.4. The van der Waals surface area contributed by atoms with Crippen LogP contribution in [0, 0.1) is 11.6 Å². The fourth-order valence-corrected chi connectivity index (χ4v) is 2.16. The fourth-order valence-electron chi connectivity index (χ4n) is 2.16. The minimum atomic E-state index is -1.07. The molecule has 128 valence electrons. The van der Waals surface area contributed by atoms with Crippen molar-refractivity contribution >= 4 is 11.7 Å². The van der Waals surface area contributed by atoms with Crippen LogP contribution in [-0.2, 0) is 9.47 Å². The summed E-state index contributed by atoms with van der Waals surface area (Å²) in [5.41, 5.74) is 0.0421. The second-order valence-corrected chi connectivity index (χ2v) is 5.01.